The van der Waals surface area contributed by atoms with Gasteiger partial charge >= 0.3 is 0 Å². The van der Waals surface area contributed by atoms with E-state index in [1.54, 1.807) is 6.20 Å². The van der Waals surface area contributed by atoms with E-state index in [4.69, 9.17) is 5.73 Å². The van der Waals surface area contributed by atoms with Gasteiger partial charge in [0.1, 0.15) is 5.82 Å². The molecule has 0 spiro atoms. The fourth-order valence-corrected chi connectivity index (χ4v) is 3.43. The van der Waals surface area contributed by atoms with Crippen LogP contribution in [0.25, 0.3) is 11.1 Å². The molecule has 1 aliphatic rings. The molecule has 2 heterocycles. The lowest BCUT2D eigenvalue weighted by Crippen LogP contribution is -1.90. The lowest BCUT2D eigenvalue weighted by molar-refractivity contribution is 0.960. The molecule has 2 aromatic rings. The number of fused-ring (bicyclic) bond motifs is 1. The smallest absolute Gasteiger partial charge is 0.126 e. The number of nitrogens with one attached hydrogen (secondary N) is 1. The fraction of sp³-hybridized carbons (Fsp3) is 0.250. The molecule has 0 aliphatic carbocycles. The third kappa shape index (κ3) is 1.41. The van der Waals surface area contributed by atoms with Crippen LogP contribution >= 0.6 is 11.8 Å². The zero-order valence-electron chi connectivity index (χ0n) is 9.03. The third-order valence-corrected chi connectivity index (χ3v) is 4.17. The van der Waals surface area contributed by atoms with E-state index in [0.717, 1.165) is 12.0 Å². The number of nitrogen functional groups attached to an aromatic ring is 1. The molecule has 0 saturated heterocycles. The Morgan fingerprint density at radius 2 is 2.31 bits per heavy atom. The van der Waals surface area contributed by atoms with Gasteiger partial charge in [0.15, 0.2) is 0 Å². The molecule has 3 rings (SSSR count). The Hall–Kier alpha value is -1.42. The molecule has 3 nitrogen and oxygen atoms in total. The van der Waals surface area contributed by atoms with E-state index in [0.29, 0.717) is 11.1 Å². The molecule has 1 unspecified atom stereocenters. The summed E-state index contributed by atoms with van der Waals surface area (Å²) >= 11 is 1.93. The summed E-state index contributed by atoms with van der Waals surface area (Å²) in [4.78, 5) is 1.36. The average Bonchev–Trinajstić information content (AvgIpc) is 2.82. The van der Waals surface area contributed by atoms with Gasteiger partial charge in [-0.15, -0.1) is 11.8 Å². The number of nitrogens with zero attached hydrogens (tertiary/aromatic N) is 1. The van der Waals surface area contributed by atoms with E-state index in [2.05, 4.69) is 35.3 Å². The molecule has 1 aromatic heterocycles. The minimum atomic E-state index is 0.647. The first-order chi connectivity index (χ1) is 7.75. The third-order valence-electron chi connectivity index (χ3n) is 2.88. The first-order valence-corrected chi connectivity index (χ1v) is 6.21. The Bertz CT molecular complexity index is 533. The zero-order chi connectivity index (χ0) is 11.1. The van der Waals surface area contributed by atoms with Gasteiger partial charge in [-0.1, -0.05) is 25.1 Å². The van der Waals surface area contributed by atoms with Gasteiger partial charge in [-0.3, -0.25) is 5.10 Å². The van der Waals surface area contributed by atoms with Crippen molar-refractivity contribution in [1.29, 1.82) is 0 Å². The Morgan fingerprint density at radius 3 is 3.06 bits per heavy atom. The highest BCUT2D eigenvalue weighted by Gasteiger charge is 2.22. The highest BCUT2D eigenvalue weighted by Crippen LogP contribution is 2.43. The van der Waals surface area contributed by atoms with Crippen LogP contribution in [0.3, 0.4) is 0 Å². The quantitative estimate of drug-likeness (QED) is 0.793. The van der Waals surface area contributed by atoms with Crippen LogP contribution in [0, 0.1) is 0 Å². The molecule has 16 heavy (non-hydrogen) atoms. The number of rotatable bonds is 1. The summed E-state index contributed by atoms with van der Waals surface area (Å²) in [6, 6.07) is 6.41. The van der Waals surface area contributed by atoms with E-state index < -0.39 is 0 Å². The second kappa shape index (κ2) is 3.56. The Kier molecular flexibility index (Phi) is 2.17. The van der Waals surface area contributed by atoms with Crippen LogP contribution in [-0.4, -0.2) is 15.4 Å². The summed E-state index contributed by atoms with van der Waals surface area (Å²) in [6.45, 7) is 2.26. The van der Waals surface area contributed by atoms with Crippen molar-refractivity contribution < 1.29 is 0 Å². The molecule has 3 N–H and O–H groups in total. The van der Waals surface area contributed by atoms with Crippen LogP contribution in [0.1, 0.15) is 12.5 Å². The van der Waals surface area contributed by atoms with Crippen molar-refractivity contribution in [2.24, 2.45) is 0 Å². The minimum Gasteiger partial charge on any atom is -0.384 e. The minimum absolute atomic E-state index is 0.647. The number of nitrogens with two attached hydrogens (primary N) is 1. The summed E-state index contributed by atoms with van der Waals surface area (Å²) in [5.74, 6) is 0.647. The first kappa shape index (κ1) is 9.78. The summed E-state index contributed by atoms with van der Waals surface area (Å²) in [5.41, 5.74) is 9.52. The van der Waals surface area contributed by atoms with Crippen molar-refractivity contribution in [2.75, 3.05) is 5.73 Å². The second-order valence-corrected chi connectivity index (χ2v) is 5.57. The van der Waals surface area contributed by atoms with Crippen LogP contribution in [0.4, 0.5) is 5.82 Å². The lowest BCUT2D eigenvalue weighted by atomic mass is 10.0. The predicted molar refractivity (Wildman–Crippen MR) is 67.5 cm³/mol. The van der Waals surface area contributed by atoms with Crippen LogP contribution in [0.5, 0.6) is 0 Å². The number of aromatic amines is 1. The molecule has 1 aliphatic heterocycles. The van der Waals surface area contributed by atoms with E-state index in [1.807, 2.05) is 11.8 Å². The van der Waals surface area contributed by atoms with E-state index in [1.165, 1.54) is 16.0 Å². The molecule has 1 aromatic carbocycles. The first-order valence-electron chi connectivity index (χ1n) is 5.33. The summed E-state index contributed by atoms with van der Waals surface area (Å²) < 4.78 is 0. The molecule has 1 atom stereocenters. The van der Waals surface area contributed by atoms with E-state index in [-0.39, 0.29) is 0 Å². The maximum atomic E-state index is 5.87. The van der Waals surface area contributed by atoms with Gasteiger partial charge in [0.25, 0.3) is 0 Å². The Labute approximate surface area is 98.4 Å². The van der Waals surface area contributed by atoms with Gasteiger partial charge in [-0.2, -0.15) is 5.10 Å². The predicted octanol–water partition coefficient (Wildman–Crippen LogP) is 2.70. The van der Waals surface area contributed by atoms with Crippen LogP contribution in [0.2, 0.25) is 0 Å². The van der Waals surface area contributed by atoms with Gasteiger partial charge in [-0.05, 0) is 12.0 Å². The lowest BCUT2D eigenvalue weighted by Gasteiger charge is -2.06. The number of hydrogen-bond donors (Lipinski definition) is 2. The maximum absolute atomic E-state index is 5.87. The van der Waals surface area contributed by atoms with Gasteiger partial charge in [-0.25, -0.2) is 0 Å². The molecular formula is C12H13N3S. The fourth-order valence-electron chi connectivity index (χ4n) is 2.16. The van der Waals surface area contributed by atoms with Crippen molar-refractivity contribution in [3.63, 3.8) is 0 Å². The van der Waals surface area contributed by atoms with Crippen molar-refractivity contribution in [3.05, 3.63) is 30.0 Å². The van der Waals surface area contributed by atoms with Crippen LogP contribution in [-0.2, 0) is 6.42 Å². The molecule has 0 bridgehead atoms. The largest absolute Gasteiger partial charge is 0.384 e. The molecular weight excluding hydrogens is 218 g/mol. The summed E-state index contributed by atoms with van der Waals surface area (Å²) in [7, 11) is 0. The zero-order valence-corrected chi connectivity index (χ0v) is 9.84. The molecule has 0 fully saturated rings. The van der Waals surface area contributed by atoms with Gasteiger partial charge in [0.05, 0.1) is 6.20 Å². The number of aromatic nitrogens is 2. The molecule has 4 heteroatoms. The van der Waals surface area contributed by atoms with Gasteiger partial charge in [0, 0.05) is 21.3 Å². The number of benzene rings is 1. The highest BCUT2D eigenvalue weighted by molar-refractivity contribution is 8.00. The van der Waals surface area contributed by atoms with Crippen molar-refractivity contribution in [2.45, 2.75) is 23.5 Å². The van der Waals surface area contributed by atoms with Crippen LogP contribution < -0.4 is 5.73 Å². The Morgan fingerprint density at radius 1 is 1.44 bits per heavy atom. The standard InChI is InChI=1S/C12H13N3S/c1-7-5-8-3-2-4-9(11(8)16-7)10-6-14-15-12(10)13/h2-4,6-7H,5H2,1H3,(H3,13,14,15). The number of H-pyrrole nitrogens is 1. The van der Waals surface area contributed by atoms with Crippen molar-refractivity contribution in [1.82, 2.24) is 10.2 Å². The van der Waals surface area contributed by atoms with Gasteiger partial charge in [0.2, 0.25) is 0 Å². The Balaban J connectivity index is 2.17. The van der Waals surface area contributed by atoms with E-state index >= 15 is 0 Å². The summed E-state index contributed by atoms with van der Waals surface area (Å²) in [6.07, 6.45) is 2.94. The maximum Gasteiger partial charge on any atom is 0.126 e. The molecule has 82 valence electrons. The normalized spacial score (nSPS) is 18.7. The molecule has 0 radical (unpaired) electrons. The summed E-state index contributed by atoms with van der Waals surface area (Å²) in [5, 5.41) is 7.43. The number of hydrogen-bond acceptors (Lipinski definition) is 3. The number of anilines is 1. The molecule has 0 amide bonds. The van der Waals surface area contributed by atoms with Crippen LogP contribution in [0.15, 0.2) is 29.3 Å². The van der Waals surface area contributed by atoms with E-state index in [9.17, 15) is 0 Å². The number of thioether (sulfide) groups is 1. The highest BCUT2D eigenvalue weighted by atomic mass is 32.2. The topological polar surface area (TPSA) is 54.7 Å². The SMILES string of the molecule is CC1Cc2cccc(-c3cn[nH]c3N)c2S1. The van der Waals surface area contributed by atoms with Crippen molar-refractivity contribution >= 4 is 17.6 Å². The monoisotopic (exact) mass is 231 g/mol. The molecule has 0 saturated carbocycles. The second-order valence-electron chi connectivity index (χ2n) is 4.12. The van der Waals surface area contributed by atoms with Crippen molar-refractivity contribution in [3.8, 4) is 11.1 Å². The van der Waals surface area contributed by atoms with Gasteiger partial charge < -0.3 is 5.73 Å². The average molecular weight is 231 g/mol.